The molecule has 2 aliphatic rings. The number of hydrogen-bond donors (Lipinski definition) is 2. The van der Waals surface area contributed by atoms with E-state index in [2.05, 4.69) is 48.2 Å². The van der Waals surface area contributed by atoms with Crippen molar-refractivity contribution in [2.45, 2.75) is 37.8 Å². The van der Waals surface area contributed by atoms with E-state index >= 15 is 0 Å². The molecule has 2 aliphatic heterocycles. The van der Waals surface area contributed by atoms with Crippen LogP contribution in [0.5, 0.6) is 40.2 Å². The van der Waals surface area contributed by atoms with E-state index in [0.29, 0.717) is 29.4 Å². The van der Waals surface area contributed by atoms with Crippen LogP contribution in [-0.2, 0) is 25.7 Å². The minimum Gasteiger partial charge on any atom is -0.504 e. The maximum atomic E-state index is 10.9. The Morgan fingerprint density at radius 2 is 1.18 bits per heavy atom. The number of ether oxygens (including phenoxy) is 4. The zero-order chi connectivity index (χ0) is 31.7. The van der Waals surface area contributed by atoms with Gasteiger partial charge in [-0.25, -0.2) is 0 Å². The van der Waals surface area contributed by atoms with Crippen LogP contribution in [0.4, 0.5) is 0 Å². The zero-order valence-corrected chi connectivity index (χ0v) is 26.7. The molecule has 2 heterocycles. The number of phenols is 2. The summed E-state index contributed by atoms with van der Waals surface area (Å²) in [4.78, 5) is 4.68. The van der Waals surface area contributed by atoms with Crippen molar-refractivity contribution in [1.82, 2.24) is 9.80 Å². The number of methoxy groups -OCH3 is 3. The van der Waals surface area contributed by atoms with E-state index in [9.17, 15) is 10.2 Å². The number of likely N-dealkylation sites (N-methyl/N-ethyl adjacent to an activating group) is 2. The highest BCUT2D eigenvalue weighted by molar-refractivity contribution is 5.54. The van der Waals surface area contributed by atoms with Gasteiger partial charge < -0.3 is 29.2 Å². The van der Waals surface area contributed by atoms with Gasteiger partial charge in [-0.2, -0.15) is 0 Å². The van der Waals surface area contributed by atoms with E-state index in [0.717, 1.165) is 49.2 Å². The fourth-order valence-corrected chi connectivity index (χ4v) is 6.71. The molecule has 0 spiro atoms. The molecule has 8 nitrogen and oxygen atoms in total. The molecule has 0 aromatic heterocycles. The molecule has 2 N–H and O–H groups in total. The van der Waals surface area contributed by atoms with Gasteiger partial charge in [0, 0.05) is 25.2 Å². The molecule has 0 fully saturated rings. The van der Waals surface area contributed by atoms with Gasteiger partial charge in [0.15, 0.2) is 34.5 Å². The average Bonchev–Trinajstić information content (AvgIpc) is 3.05. The van der Waals surface area contributed by atoms with Gasteiger partial charge in [0.05, 0.1) is 21.3 Å². The first-order chi connectivity index (χ1) is 21.8. The largest absolute Gasteiger partial charge is 0.504 e. The van der Waals surface area contributed by atoms with Crippen LogP contribution in [0, 0.1) is 0 Å². The van der Waals surface area contributed by atoms with Crippen LogP contribution in [0.2, 0.25) is 0 Å². The predicted molar refractivity (Wildman–Crippen MR) is 174 cm³/mol. The molecule has 0 aliphatic carbocycles. The number of hydrogen-bond acceptors (Lipinski definition) is 8. The lowest BCUT2D eigenvalue weighted by atomic mass is 9.88. The molecule has 0 amide bonds. The molecule has 0 saturated heterocycles. The van der Waals surface area contributed by atoms with E-state index in [1.165, 1.54) is 22.3 Å². The lowest BCUT2D eigenvalue weighted by Gasteiger charge is -2.35. The Kier molecular flexibility index (Phi) is 8.79. The maximum Gasteiger partial charge on any atom is 0.169 e. The second-order valence-electron chi connectivity index (χ2n) is 12.1. The van der Waals surface area contributed by atoms with E-state index in [4.69, 9.17) is 18.9 Å². The second-order valence-corrected chi connectivity index (χ2v) is 12.1. The van der Waals surface area contributed by atoms with Crippen LogP contribution in [0.1, 0.15) is 45.5 Å². The number of nitrogens with zero attached hydrogens (tertiary/aromatic N) is 2. The molecule has 236 valence electrons. The highest BCUT2D eigenvalue weighted by Gasteiger charge is 2.29. The van der Waals surface area contributed by atoms with Gasteiger partial charge in [-0.1, -0.05) is 18.2 Å². The lowest BCUT2D eigenvalue weighted by Crippen LogP contribution is -2.33. The lowest BCUT2D eigenvalue weighted by molar-refractivity contribution is 0.227. The van der Waals surface area contributed by atoms with Crippen molar-refractivity contribution in [3.63, 3.8) is 0 Å². The van der Waals surface area contributed by atoms with Crippen LogP contribution >= 0.6 is 0 Å². The molecule has 2 atom stereocenters. The van der Waals surface area contributed by atoms with Gasteiger partial charge in [-0.15, -0.1) is 0 Å². The Morgan fingerprint density at radius 1 is 0.600 bits per heavy atom. The van der Waals surface area contributed by atoms with Crippen molar-refractivity contribution < 1.29 is 29.2 Å². The van der Waals surface area contributed by atoms with Crippen molar-refractivity contribution in [2.24, 2.45) is 0 Å². The van der Waals surface area contributed by atoms with Crippen molar-refractivity contribution in [3.8, 4) is 40.2 Å². The Labute approximate surface area is 265 Å². The highest BCUT2D eigenvalue weighted by Crippen LogP contribution is 2.44. The Hall–Kier alpha value is -4.40. The van der Waals surface area contributed by atoms with E-state index in [1.807, 2.05) is 36.4 Å². The van der Waals surface area contributed by atoms with Gasteiger partial charge >= 0.3 is 0 Å². The molecule has 0 radical (unpaired) electrons. The summed E-state index contributed by atoms with van der Waals surface area (Å²) in [5.74, 6) is 3.11. The summed E-state index contributed by atoms with van der Waals surface area (Å²) in [5, 5.41) is 21.4. The third-order valence-corrected chi connectivity index (χ3v) is 9.38. The highest BCUT2D eigenvalue weighted by atomic mass is 16.5. The Bertz CT molecular complexity index is 1670. The summed E-state index contributed by atoms with van der Waals surface area (Å²) in [6.45, 7) is 1.84. The number of phenolic OH excluding ortho intramolecular Hbond substituents is 2. The van der Waals surface area contributed by atoms with Crippen LogP contribution in [0.15, 0.2) is 66.7 Å². The quantitative estimate of drug-likeness (QED) is 0.224. The third kappa shape index (κ3) is 6.26. The smallest absolute Gasteiger partial charge is 0.169 e. The minimum atomic E-state index is 0.0514. The topological polar surface area (TPSA) is 83.9 Å². The van der Waals surface area contributed by atoms with Gasteiger partial charge in [0.1, 0.15) is 5.75 Å². The first-order valence-corrected chi connectivity index (χ1v) is 15.4. The summed E-state index contributed by atoms with van der Waals surface area (Å²) in [6, 6.07) is 21.9. The number of benzene rings is 4. The number of aromatic hydroxyl groups is 2. The molecular weight excluding hydrogens is 568 g/mol. The minimum absolute atomic E-state index is 0.0514. The first-order valence-electron chi connectivity index (χ1n) is 15.4. The molecule has 0 unspecified atom stereocenters. The summed E-state index contributed by atoms with van der Waals surface area (Å²) in [6.07, 6.45) is 3.33. The summed E-state index contributed by atoms with van der Waals surface area (Å²) in [7, 11) is 9.16. The van der Waals surface area contributed by atoms with E-state index in [-0.39, 0.29) is 23.6 Å². The standard InChI is InChI=1S/C37H42N2O6/c1-38-15-13-26-20-36(44-5)37(22-29(26)30(38)16-23-6-9-27(42-3)10-7-23)45-35-18-24(8-11-32(35)40)17-31-28-21-33(41)34(43-4)19-25(28)12-14-39(31)2/h6-11,18-22,30-31,40-41H,12-17H2,1-5H3/t30-,31-/m0/s1. The Balaban J connectivity index is 1.29. The molecule has 8 heteroatoms. The Morgan fingerprint density at radius 3 is 1.80 bits per heavy atom. The van der Waals surface area contributed by atoms with Crippen LogP contribution in [-0.4, -0.2) is 68.5 Å². The van der Waals surface area contributed by atoms with Crippen LogP contribution in [0.25, 0.3) is 0 Å². The van der Waals surface area contributed by atoms with E-state index in [1.54, 1.807) is 27.4 Å². The second kappa shape index (κ2) is 12.9. The summed E-state index contributed by atoms with van der Waals surface area (Å²) in [5.41, 5.74) is 6.94. The monoisotopic (exact) mass is 610 g/mol. The summed E-state index contributed by atoms with van der Waals surface area (Å²) < 4.78 is 23.0. The normalized spacial score (nSPS) is 18.2. The van der Waals surface area contributed by atoms with Crippen molar-refractivity contribution in [1.29, 1.82) is 0 Å². The maximum absolute atomic E-state index is 10.9. The number of fused-ring (bicyclic) bond motifs is 2. The molecule has 0 bridgehead atoms. The van der Waals surface area contributed by atoms with Crippen molar-refractivity contribution in [2.75, 3.05) is 48.5 Å². The number of rotatable bonds is 9. The SMILES string of the molecule is COc1ccc(C[C@H]2c3cc(Oc4cc(C[C@H]5c6cc(O)c(OC)cc6CCN5C)ccc4O)c(OC)cc3CCN2C)cc1. The predicted octanol–water partition coefficient (Wildman–Crippen LogP) is 6.46. The van der Waals surface area contributed by atoms with Gasteiger partial charge in [0.25, 0.3) is 0 Å². The van der Waals surface area contributed by atoms with Crippen LogP contribution < -0.4 is 18.9 Å². The van der Waals surface area contributed by atoms with Crippen LogP contribution in [0.3, 0.4) is 0 Å². The van der Waals surface area contributed by atoms with Crippen molar-refractivity contribution in [3.05, 3.63) is 100 Å². The van der Waals surface area contributed by atoms with Crippen molar-refractivity contribution >= 4 is 0 Å². The van der Waals surface area contributed by atoms with Gasteiger partial charge in [0.2, 0.25) is 0 Å². The summed E-state index contributed by atoms with van der Waals surface area (Å²) >= 11 is 0. The van der Waals surface area contributed by atoms with Gasteiger partial charge in [-0.3, -0.25) is 9.80 Å². The molecule has 6 rings (SSSR count). The fourth-order valence-electron chi connectivity index (χ4n) is 6.71. The molecule has 45 heavy (non-hydrogen) atoms. The molecule has 0 saturated carbocycles. The van der Waals surface area contributed by atoms with Gasteiger partial charge in [-0.05, 0) is 122 Å². The third-order valence-electron chi connectivity index (χ3n) is 9.38. The fraction of sp³-hybridized carbons (Fsp3) is 0.351. The first kappa shape index (κ1) is 30.6. The average molecular weight is 611 g/mol. The zero-order valence-electron chi connectivity index (χ0n) is 26.7. The van der Waals surface area contributed by atoms with E-state index < -0.39 is 0 Å². The molecule has 4 aromatic rings. The molecular formula is C37H42N2O6. The molecule has 4 aromatic carbocycles.